The van der Waals surface area contributed by atoms with Crippen LogP contribution in [-0.4, -0.2) is 46.9 Å². The van der Waals surface area contributed by atoms with Crippen LogP contribution in [0.3, 0.4) is 0 Å². The van der Waals surface area contributed by atoms with E-state index in [9.17, 15) is 9.59 Å². The van der Waals surface area contributed by atoms with Crippen molar-refractivity contribution in [1.29, 1.82) is 0 Å². The van der Waals surface area contributed by atoms with Crippen molar-refractivity contribution in [3.05, 3.63) is 75.6 Å². The minimum absolute atomic E-state index is 0.123. The van der Waals surface area contributed by atoms with Crippen molar-refractivity contribution in [3.63, 3.8) is 0 Å². The summed E-state index contributed by atoms with van der Waals surface area (Å²) in [6, 6.07) is 14.2. The average Bonchev–Trinajstić information content (AvgIpc) is 3.32. The topological polar surface area (TPSA) is 77.2 Å². The fourth-order valence-corrected chi connectivity index (χ4v) is 5.78. The third-order valence-corrected chi connectivity index (χ3v) is 7.65. The van der Waals surface area contributed by atoms with E-state index < -0.39 is 0 Å². The molecule has 0 spiro atoms. The van der Waals surface area contributed by atoms with E-state index in [2.05, 4.69) is 36.4 Å². The summed E-state index contributed by atoms with van der Waals surface area (Å²) in [5.74, 6) is 0.0681. The standard InChI is InChI=1S/C30H33ClN4O2/c1-17-15-35(16-18(2)32-17)28(36)13-12-23-19(3)27(33-20(23)4)14-25-29-24(21-8-10-22(31)11-9-21)6-5-7-26(29)34-30(25)37/h5-11,14,17-18,32-33H,12-13,15-16H2,1-4H3,(H,34,37)/b25-14-/t17-,18-/m0/s1. The van der Waals surface area contributed by atoms with Crippen LogP contribution in [0.15, 0.2) is 42.5 Å². The third kappa shape index (κ3) is 5.09. The number of rotatable bonds is 5. The van der Waals surface area contributed by atoms with Gasteiger partial charge in [0.25, 0.3) is 5.91 Å². The Balaban J connectivity index is 1.42. The molecule has 2 aliphatic heterocycles. The van der Waals surface area contributed by atoms with E-state index in [0.717, 1.165) is 58.0 Å². The Hall–Kier alpha value is -3.35. The van der Waals surface area contributed by atoms with Crippen molar-refractivity contribution in [2.75, 3.05) is 18.4 Å². The number of H-pyrrole nitrogens is 1. The quantitative estimate of drug-likeness (QED) is 0.387. The van der Waals surface area contributed by atoms with E-state index in [0.29, 0.717) is 35.5 Å². The summed E-state index contributed by atoms with van der Waals surface area (Å²) >= 11 is 6.10. The van der Waals surface area contributed by atoms with E-state index >= 15 is 0 Å². The zero-order chi connectivity index (χ0) is 26.3. The maximum atomic E-state index is 13.0. The lowest BCUT2D eigenvalue weighted by molar-refractivity contribution is -0.132. The normalized spacial score (nSPS) is 20.3. The number of fused-ring (bicyclic) bond motifs is 1. The van der Waals surface area contributed by atoms with Crippen molar-refractivity contribution in [3.8, 4) is 11.1 Å². The van der Waals surface area contributed by atoms with Gasteiger partial charge < -0.3 is 20.5 Å². The Kier molecular flexibility index (Phi) is 6.97. The first-order valence-electron chi connectivity index (χ1n) is 12.9. The fourth-order valence-electron chi connectivity index (χ4n) is 5.66. The number of anilines is 1. The van der Waals surface area contributed by atoms with Gasteiger partial charge in [0.1, 0.15) is 0 Å². The van der Waals surface area contributed by atoms with Crippen LogP contribution in [0, 0.1) is 13.8 Å². The number of hydrogen-bond donors (Lipinski definition) is 3. The number of carbonyl (C=O) groups excluding carboxylic acids is 2. The van der Waals surface area contributed by atoms with Gasteiger partial charge in [-0.05, 0) is 80.6 Å². The van der Waals surface area contributed by atoms with E-state index in [1.807, 2.05) is 60.4 Å². The zero-order valence-corrected chi connectivity index (χ0v) is 22.5. The van der Waals surface area contributed by atoms with Gasteiger partial charge in [-0.2, -0.15) is 0 Å². The van der Waals surface area contributed by atoms with Crippen LogP contribution in [0.2, 0.25) is 5.02 Å². The van der Waals surface area contributed by atoms with Crippen LogP contribution < -0.4 is 10.6 Å². The van der Waals surface area contributed by atoms with E-state index in [4.69, 9.17) is 11.6 Å². The van der Waals surface area contributed by atoms with Gasteiger partial charge in [0.2, 0.25) is 5.91 Å². The summed E-state index contributed by atoms with van der Waals surface area (Å²) < 4.78 is 0. The number of nitrogens with one attached hydrogen (secondary N) is 3. The Morgan fingerprint density at radius 2 is 1.78 bits per heavy atom. The van der Waals surface area contributed by atoms with Gasteiger partial charge in [0, 0.05) is 59.3 Å². The Bertz CT molecular complexity index is 1380. The summed E-state index contributed by atoms with van der Waals surface area (Å²) in [5, 5.41) is 7.16. The highest BCUT2D eigenvalue weighted by molar-refractivity contribution is 6.36. The van der Waals surface area contributed by atoms with Crippen molar-refractivity contribution >= 4 is 40.8 Å². The molecule has 2 aliphatic rings. The number of aryl methyl sites for hydroxylation is 1. The van der Waals surface area contributed by atoms with Crippen molar-refractivity contribution in [1.82, 2.24) is 15.2 Å². The lowest BCUT2D eigenvalue weighted by Crippen LogP contribution is -2.55. The minimum Gasteiger partial charge on any atom is -0.359 e. The first kappa shape index (κ1) is 25.3. The van der Waals surface area contributed by atoms with Gasteiger partial charge in [-0.25, -0.2) is 0 Å². The Labute approximate surface area is 223 Å². The summed E-state index contributed by atoms with van der Waals surface area (Å²) in [6.45, 7) is 9.82. The highest BCUT2D eigenvalue weighted by Crippen LogP contribution is 2.41. The first-order chi connectivity index (χ1) is 17.7. The minimum atomic E-state index is -0.123. The zero-order valence-electron chi connectivity index (χ0n) is 21.7. The first-order valence-corrected chi connectivity index (χ1v) is 13.2. The number of amides is 2. The molecule has 3 aromatic rings. The molecule has 0 bridgehead atoms. The molecule has 192 valence electrons. The lowest BCUT2D eigenvalue weighted by Gasteiger charge is -2.36. The molecule has 1 aromatic heterocycles. The Morgan fingerprint density at radius 3 is 2.49 bits per heavy atom. The highest BCUT2D eigenvalue weighted by atomic mass is 35.5. The molecule has 0 radical (unpaired) electrons. The largest absolute Gasteiger partial charge is 0.359 e. The van der Waals surface area contributed by atoms with Gasteiger partial charge in [0.15, 0.2) is 0 Å². The maximum Gasteiger partial charge on any atom is 0.256 e. The number of carbonyl (C=O) groups is 2. The monoisotopic (exact) mass is 516 g/mol. The Morgan fingerprint density at radius 1 is 1.08 bits per heavy atom. The molecule has 5 rings (SSSR count). The smallest absolute Gasteiger partial charge is 0.256 e. The second-order valence-corrected chi connectivity index (χ2v) is 10.7. The number of piperazine rings is 1. The molecule has 2 atom stereocenters. The van der Waals surface area contributed by atoms with Gasteiger partial charge in [-0.3, -0.25) is 9.59 Å². The van der Waals surface area contributed by atoms with Gasteiger partial charge in [-0.1, -0.05) is 35.9 Å². The molecule has 6 nitrogen and oxygen atoms in total. The number of aromatic amines is 1. The molecular weight excluding hydrogens is 484 g/mol. The van der Waals surface area contributed by atoms with Gasteiger partial charge in [0.05, 0.1) is 5.57 Å². The van der Waals surface area contributed by atoms with Crippen LogP contribution in [0.1, 0.15) is 48.3 Å². The molecule has 3 N–H and O–H groups in total. The second kappa shape index (κ2) is 10.2. The second-order valence-electron chi connectivity index (χ2n) is 10.3. The number of benzene rings is 2. The van der Waals surface area contributed by atoms with Crippen LogP contribution in [0.25, 0.3) is 22.8 Å². The molecule has 2 amide bonds. The maximum absolute atomic E-state index is 13.0. The number of aromatic nitrogens is 1. The van der Waals surface area contributed by atoms with E-state index in [-0.39, 0.29) is 11.8 Å². The molecule has 37 heavy (non-hydrogen) atoms. The van der Waals surface area contributed by atoms with E-state index in [1.54, 1.807) is 0 Å². The molecule has 1 saturated heterocycles. The number of halogens is 1. The SMILES string of the molecule is Cc1[nH]c(/C=C2\C(=O)Nc3cccc(-c4ccc(Cl)cc4)c32)c(C)c1CCC(=O)N1C[C@H](C)N[C@@H](C)C1. The summed E-state index contributed by atoms with van der Waals surface area (Å²) in [7, 11) is 0. The van der Waals surface area contributed by atoms with E-state index in [1.165, 1.54) is 0 Å². The van der Waals surface area contributed by atoms with Crippen molar-refractivity contribution in [2.24, 2.45) is 0 Å². The predicted molar refractivity (Wildman–Crippen MR) is 151 cm³/mol. The number of nitrogens with zero attached hydrogens (tertiary/aromatic N) is 1. The van der Waals surface area contributed by atoms with Crippen molar-refractivity contribution in [2.45, 2.75) is 52.6 Å². The van der Waals surface area contributed by atoms with Gasteiger partial charge >= 0.3 is 0 Å². The molecule has 0 aliphatic carbocycles. The van der Waals surface area contributed by atoms with Crippen LogP contribution in [0.4, 0.5) is 5.69 Å². The molecule has 0 saturated carbocycles. The highest BCUT2D eigenvalue weighted by Gasteiger charge is 2.28. The third-order valence-electron chi connectivity index (χ3n) is 7.40. The molecule has 7 heteroatoms. The predicted octanol–water partition coefficient (Wildman–Crippen LogP) is 5.59. The molecular formula is C30H33ClN4O2. The molecule has 2 aromatic carbocycles. The lowest BCUT2D eigenvalue weighted by atomic mass is 9.94. The number of hydrogen-bond acceptors (Lipinski definition) is 3. The molecule has 3 heterocycles. The fraction of sp³-hybridized carbons (Fsp3) is 0.333. The van der Waals surface area contributed by atoms with Crippen LogP contribution in [-0.2, 0) is 16.0 Å². The molecule has 1 fully saturated rings. The summed E-state index contributed by atoms with van der Waals surface area (Å²) in [6.07, 6.45) is 3.08. The van der Waals surface area contributed by atoms with Crippen LogP contribution in [0.5, 0.6) is 0 Å². The van der Waals surface area contributed by atoms with Crippen LogP contribution >= 0.6 is 11.6 Å². The average molecular weight is 517 g/mol. The summed E-state index contributed by atoms with van der Waals surface area (Å²) in [4.78, 5) is 31.5. The molecule has 0 unspecified atom stereocenters. The van der Waals surface area contributed by atoms with Crippen molar-refractivity contribution < 1.29 is 9.59 Å². The summed E-state index contributed by atoms with van der Waals surface area (Å²) in [5.41, 5.74) is 8.43. The van der Waals surface area contributed by atoms with Gasteiger partial charge in [-0.15, -0.1) is 0 Å².